The van der Waals surface area contributed by atoms with Crippen molar-refractivity contribution < 1.29 is 9.59 Å². The number of benzene rings is 2. The maximum atomic E-state index is 14.1. The fourth-order valence-electron chi connectivity index (χ4n) is 5.84. The first-order valence-electron chi connectivity index (χ1n) is 10.9. The second kappa shape index (κ2) is 7.65. The summed E-state index contributed by atoms with van der Waals surface area (Å²) in [5, 5.41) is 4.78. The Kier molecular flexibility index (Phi) is 4.94. The molecule has 3 aromatic rings. The predicted octanol–water partition coefficient (Wildman–Crippen LogP) is 4.65. The van der Waals surface area contributed by atoms with Crippen LogP contribution in [0, 0.1) is 0 Å². The minimum atomic E-state index is -0.938. The van der Waals surface area contributed by atoms with E-state index in [0.29, 0.717) is 12.2 Å². The lowest BCUT2D eigenvalue weighted by atomic mass is 9.70. The summed E-state index contributed by atoms with van der Waals surface area (Å²) in [6.07, 6.45) is 3.14. The Hall–Kier alpha value is -2.23. The smallest absolute Gasteiger partial charge is 0.250 e. The van der Waals surface area contributed by atoms with Gasteiger partial charge in [0.25, 0.3) is 0 Å². The number of para-hydroxylation sites is 2. The molecule has 170 valence electrons. The number of aromatic nitrogens is 1. The molecule has 3 aliphatic heterocycles. The van der Waals surface area contributed by atoms with Crippen LogP contribution in [0.2, 0.25) is 0 Å². The summed E-state index contributed by atoms with van der Waals surface area (Å²) in [4.78, 5) is 33.9. The van der Waals surface area contributed by atoms with Gasteiger partial charge in [0.15, 0.2) is 0 Å². The second-order valence-electron chi connectivity index (χ2n) is 8.97. The molecule has 0 radical (unpaired) electrons. The first-order valence-corrected chi connectivity index (χ1v) is 14.6. The molecule has 6 nitrogen and oxygen atoms in total. The van der Waals surface area contributed by atoms with Crippen molar-refractivity contribution in [1.29, 1.82) is 0 Å². The van der Waals surface area contributed by atoms with Crippen molar-refractivity contribution in [3.05, 3.63) is 65.9 Å². The molecule has 2 N–H and O–H groups in total. The van der Waals surface area contributed by atoms with Gasteiger partial charge in [-0.1, -0.05) is 58.0 Å². The largest absolute Gasteiger partial charge is 0.364 e. The standard InChI is InChI=1S/C24H24N4O2S3/c1-15-27(2)22(30)23(13-31-33-32-15)12-24(18-11-25-19-9-5-3-7-16(18)19)17-8-4-6-10-20(17)26-21(24)28(23)14-29/h3-11,14-15,21,25-26H,12-13H2,1-2H3/t15-,21-,23+,24-/m1/s1. The molecule has 4 atom stereocenters. The van der Waals surface area contributed by atoms with Crippen LogP contribution in [0.15, 0.2) is 54.7 Å². The van der Waals surface area contributed by atoms with E-state index in [0.717, 1.165) is 34.1 Å². The van der Waals surface area contributed by atoms with E-state index >= 15 is 0 Å². The molecule has 0 bridgehead atoms. The minimum absolute atomic E-state index is 0.00953. The Morgan fingerprint density at radius 3 is 2.76 bits per heavy atom. The third-order valence-electron chi connectivity index (χ3n) is 7.48. The number of aromatic amines is 1. The van der Waals surface area contributed by atoms with Crippen molar-refractivity contribution in [3.63, 3.8) is 0 Å². The Balaban J connectivity index is 1.62. The molecule has 2 amide bonds. The first-order chi connectivity index (χ1) is 16.0. The summed E-state index contributed by atoms with van der Waals surface area (Å²) < 4.78 is 0. The van der Waals surface area contributed by atoms with Gasteiger partial charge in [-0.2, -0.15) is 0 Å². The van der Waals surface area contributed by atoms with Crippen molar-refractivity contribution in [2.24, 2.45) is 0 Å². The van der Waals surface area contributed by atoms with Crippen molar-refractivity contribution in [3.8, 4) is 0 Å². The topological polar surface area (TPSA) is 68.4 Å². The summed E-state index contributed by atoms with van der Waals surface area (Å²) in [5.41, 5.74) is 2.86. The van der Waals surface area contributed by atoms with Crippen LogP contribution >= 0.6 is 31.4 Å². The molecule has 2 aromatic carbocycles. The lowest BCUT2D eigenvalue weighted by Crippen LogP contribution is -2.60. The average Bonchev–Trinajstić information content (AvgIpc) is 3.48. The molecule has 0 aliphatic carbocycles. The molecular formula is C24H24N4O2S3. The SMILES string of the molecule is C[C@H]1SSSC[C@@]2(C[C@]3(c4c[nH]c5ccccc45)c4ccccc4N[C@@H]3N2C=O)C(=O)N1C. The summed E-state index contributed by atoms with van der Waals surface area (Å²) >= 11 is 0. The maximum absolute atomic E-state index is 14.1. The predicted molar refractivity (Wildman–Crippen MR) is 138 cm³/mol. The Bertz CT molecular complexity index is 1270. The molecule has 3 aliphatic rings. The van der Waals surface area contributed by atoms with Crippen molar-refractivity contribution >= 4 is 60.3 Å². The van der Waals surface area contributed by atoms with Gasteiger partial charge in [0.05, 0.1) is 10.8 Å². The molecule has 4 heterocycles. The van der Waals surface area contributed by atoms with E-state index in [2.05, 4.69) is 40.8 Å². The zero-order valence-electron chi connectivity index (χ0n) is 18.3. The number of anilines is 1. The number of rotatable bonds is 2. The van der Waals surface area contributed by atoms with Gasteiger partial charge in [0, 0.05) is 35.6 Å². The number of H-pyrrole nitrogens is 1. The lowest BCUT2D eigenvalue weighted by Gasteiger charge is -2.42. The van der Waals surface area contributed by atoms with Gasteiger partial charge in [0.1, 0.15) is 11.7 Å². The lowest BCUT2D eigenvalue weighted by molar-refractivity contribution is -0.145. The third kappa shape index (κ3) is 2.79. The van der Waals surface area contributed by atoms with Crippen LogP contribution in [0.4, 0.5) is 5.69 Å². The zero-order chi connectivity index (χ0) is 22.8. The summed E-state index contributed by atoms with van der Waals surface area (Å²) in [5.74, 6) is 0.555. The van der Waals surface area contributed by atoms with Crippen LogP contribution in [-0.2, 0) is 15.0 Å². The van der Waals surface area contributed by atoms with Gasteiger partial charge >= 0.3 is 0 Å². The van der Waals surface area contributed by atoms with E-state index < -0.39 is 11.0 Å². The van der Waals surface area contributed by atoms with Gasteiger partial charge in [-0.15, -0.1) is 0 Å². The number of amides is 2. The number of nitrogens with one attached hydrogen (secondary N) is 2. The molecule has 0 saturated carbocycles. The van der Waals surface area contributed by atoms with E-state index in [1.807, 2.05) is 43.1 Å². The van der Waals surface area contributed by atoms with Crippen molar-refractivity contribution in [1.82, 2.24) is 14.8 Å². The number of likely N-dealkylation sites (tertiary alicyclic amines) is 1. The number of carbonyl (C=O) groups excluding carboxylic acids is 2. The van der Waals surface area contributed by atoms with Crippen LogP contribution in [0.1, 0.15) is 24.5 Å². The first kappa shape index (κ1) is 21.3. The number of nitrogens with zero attached hydrogens (tertiary/aromatic N) is 2. The molecule has 0 unspecified atom stereocenters. The molecular weight excluding hydrogens is 472 g/mol. The maximum Gasteiger partial charge on any atom is 0.250 e. The number of fused-ring (bicyclic) bond motifs is 4. The van der Waals surface area contributed by atoms with E-state index in [9.17, 15) is 9.59 Å². The number of hydrogen-bond acceptors (Lipinski definition) is 6. The molecule has 1 aromatic heterocycles. The molecule has 33 heavy (non-hydrogen) atoms. The summed E-state index contributed by atoms with van der Waals surface area (Å²) in [6, 6.07) is 16.5. The van der Waals surface area contributed by atoms with Crippen LogP contribution < -0.4 is 5.32 Å². The highest BCUT2D eigenvalue weighted by Crippen LogP contribution is 2.60. The molecule has 9 heteroatoms. The number of likely N-dealkylation sites (N-methyl/N-ethyl adjacent to an activating group) is 1. The van der Waals surface area contributed by atoms with Crippen LogP contribution in [-0.4, -0.2) is 57.0 Å². The molecule has 6 rings (SSSR count). The normalized spacial score (nSPS) is 31.3. The van der Waals surface area contributed by atoms with Crippen molar-refractivity contribution in [2.75, 3.05) is 18.1 Å². The molecule has 2 fully saturated rings. The Morgan fingerprint density at radius 1 is 1.12 bits per heavy atom. The molecule has 2 saturated heterocycles. The number of hydrogen-bond donors (Lipinski definition) is 2. The van der Waals surface area contributed by atoms with Gasteiger partial charge in [0.2, 0.25) is 12.3 Å². The van der Waals surface area contributed by atoms with E-state index in [-0.39, 0.29) is 17.4 Å². The fraction of sp³-hybridized carbons (Fsp3) is 0.333. The monoisotopic (exact) mass is 496 g/mol. The van der Waals surface area contributed by atoms with Crippen LogP contribution in [0.5, 0.6) is 0 Å². The Morgan fingerprint density at radius 2 is 1.91 bits per heavy atom. The van der Waals surface area contributed by atoms with Crippen LogP contribution in [0.25, 0.3) is 10.9 Å². The summed E-state index contributed by atoms with van der Waals surface area (Å²) in [6.45, 7) is 2.04. The summed E-state index contributed by atoms with van der Waals surface area (Å²) in [7, 11) is 6.91. The zero-order valence-corrected chi connectivity index (χ0v) is 20.7. The highest BCUT2D eigenvalue weighted by Gasteiger charge is 2.68. The molecule has 1 spiro atoms. The average molecular weight is 497 g/mol. The van der Waals surface area contributed by atoms with Gasteiger partial charge in [-0.05, 0) is 46.4 Å². The van der Waals surface area contributed by atoms with Crippen LogP contribution in [0.3, 0.4) is 0 Å². The van der Waals surface area contributed by atoms with Gasteiger partial charge < -0.3 is 20.1 Å². The highest BCUT2D eigenvalue weighted by molar-refractivity contribution is 9.09. The number of carbonyl (C=O) groups is 2. The second-order valence-corrected chi connectivity index (χ2v) is 13.4. The van der Waals surface area contributed by atoms with E-state index in [1.54, 1.807) is 36.3 Å². The van der Waals surface area contributed by atoms with Gasteiger partial charge in [-0.3, -0.25) is 9.59 Å². The minimum Gasteiger partial charge on any atom is -0.364 e. The quantitative estimate of drug-likeness (QED) is 0.398. The third-order valence-corrected chi connectivity index (χ3v) is 12.1. The van der Waals surface area contributed by atoms with E-state index in [4.69, 9.17) is 0 Å². The highest BCUT2D eigenvalue weighted by atomic mass is 33.5. The van der Waals surface area contributed by atoms with Gasteiger partial charge in [-0.25, -0.2) is 0 Å². The fourth-order valence-corrected chi connectivity index (χ4v) is 10.4. The van der Waals surface area contributed by atoms with Crippen molar-refractivity contribution in [2.45, 2.75) is 35.8 Å². The Labute approximate surface area is 204 Å². The van der Waals surface area contributed by atoms with E-state index in [1.165, 1.54) is 0 Å².